The van der Waals surface area contributed by atoms with E-state index in [0.29, 0.717) is 44.7 Å². The molecule has 7 heteroatoms. The third-order valence-electron chi connectivity index (χ3n) is 4.44. The second-order valence-electron chi connectivity index (χ2n) is 6.68. The maximum atomic E-state index is 6.53. The van der Waals surface area contributed by atoms with Crippen molar-refractivity contribution in [2.24, 2.45) is 0 Å². The van der Waals surface area contributed by atoms with Gasteiger partial charge in [-0.1, -0.05) is 58.5 Å². The van der Waals surface area contributed by atoms with Crippen molar-refractivity contribution in [2.75, 3.05) is 11.9 Å². The maximum absolute atomic E-state index is 6.53. The molecule has 3 aromatic rings. The molecule has 158 valence electrons. The highest BCUT2D eigenvalue weighted by Crippen LogP contribution is 2.38. The predicted molar refractivity (Wildman–Crippen MR) is 127 cm³/mol. The van der Waals surface area contributed by atoms with Crippen LogP contribution in [-0.4, -0.2) is 6.61 Å². The molecule has 0 radical (unpaired) electrons. The summed E-state index contributed by atoms with van der Waals surface area (Å²) in [7, 11) is 0. The molecule has 0 aliphatic carbocycles. The maximum Gasteiger partial charge on any atom is 0.180 e. The second kappa shape index (κ2) is 10.5. The molecule has 0 spiro atoms. The van der Waals surface area contributed by atoms with Crippen LogP contribution in [0.15, 0.2) is 48.5 Å². The Morgan fingerprint density at radius 3 is 2.30 bits per heavy atom. The van der Waals surface area contributed by atoms with Crippen LogP contribution in [0.3, 0.4) is 0 Å². The molecule has 0 aliphatic heterocycles. The highest BCUT2D eigenvalue weighted by atomic mass is 35.5. The lowest BCUT2D eigenvalue weighted by atomic mass is 10.1. The van der Waals surface area contributed by atoms with Crippen LogP contribution in [0.25, 0.3) is 0 Å². The first-order chi connectivity index (χ1) is 14.4. The largest absolute Gasteiger partial charge is 0.490 e. The van der Waals surface area contributed by atoms with Gasteiger partial charge in [-0.15, -0.1) is 0 Å². The molecule has 3 nitrogen and oxygen atoms in total. The van der Waals surface area contributed by atoms with Crippen LogP contribution in [0.1, 0.15) is 23.6 Å². The van der Waals surface area contributed by atoms with Crippen LogP contribution in [0.4, 0.5) is 5.69 Å². The van der Waals surface area contributed by atoms with Crippen molar-refractivity contribution in [3.05, 3.63) is 85.3 Å². The number of anilines is 1. The Bertz CT molecular complexity index is 1040. The van der Waals surface area contributed by atoms with Crippen LogP contribution in [-0.2, 0) is 13.2 Å². The molecule has 3 rings (SSSR count). The van der Waals surface area contributed by atoms with Gasteiger partial charge in [0.1, 0.15) is 6.61 Å². The molecule has 0 atom stereocenters. The van der Waals surface area contributed by atoms with Gasteiger partial charge in [0.25, 0.3) is 0 Å². The van der Waals surface area contributed by atoms with Crippen LogP contribution in [0, 0.1) is 6.92 Å². The van der Waals surface area contributed by atoms with E-state index in [1.165, 1.54) is 0 Å². The lowest BCUT2D eigenvalue weighted by molar-refractivity contribution is 0.269. The van der Waals surface area contributed by atoms with Gasteiger partial charge in [-0.05, 0) is 61.4 Å². The van der Waals surface area contributed by atoms with E-state index in [9.17, 15) is 0 Å². The number of benzene rings is 3. The second-order valence-corrected chi connectivity index (χ2v) is 8.36. The smallest absolute Gasteiger partial charge is 0.180 e. The van der Waals surface area contributed by atoms with Gasteiger partial charge in [-0.3, -0.25) is 0 Å². The van der Waals surface area contributed by atoms with E-state index in [-0.39, 0.29) is 6.61 Å². The zero-order valence-electron chi connectivity index (χ0n) is 16.6. The third kappa shape index (κ3) is 5.89. The molecule has 3 aromatic carbocycles. The Morgan fingerprint density at radius 1 is 0.833 bits per heavy atom. The summed E-state index contributed by atoms with van der Waals surface area (Å²) in [5, 5.41) is 5.64. The van der Waals surface area contributed by atoms with E-state index >= 15 is 0 Å². The van der Waals surface area contributed by atoms with Gasteiger partial charge in [-0.25, -0.2) is 0 Å². The fraction of sp³-hybridized carbons (Fsp3) is 0.217. The minimum Gasteiger partial charge on any atom is -0.490 e. The minimum absolute atomic E-state index is 0.245. The number of rotatable bonds is 8. The molecular formula is C23H21Cl4NO2. The number of ether oxygens (including phenoxy) is 2. The van der Waals surface area contributed by atoms with Crippen LogP contribution in [0.2, 0.25) is 20.1 Å². The van der Waals surface area contributed by atoms with Gasteiger partial charge in [0.15, 0.2) is 11.5 Å². The molecule has 0 aromatic heterocycles. The SMILES string of the molecule is CCOc1cc(CNc2cc(Cl)ccc2C)cc(Cl)c1OCc1ccc(Cl)cc1Cl. The van der Waals surface area contributed by atoms with Crippen molar-refractivity contribution in [3.8, 4) is 11.5 Å². The molecule has 30 heavy (non-hydrogen) atoms. The van der Waals surface area contributed by atoms with Crippen molar-refractivity contribution in [1.82, 2.24) is 0 Å². The molecular weight excluding hydrogens is 464 g/mol. The fourth-order valence-corrected chi connectivity index (χ4v) is 3.82. The van der Waals surface area contributed by atoms with Gasteiger partial charge in [0.05, 0.1) is 11.6 Å². The standard InChI is InChI=1S/C23H21Cl4NO2/c1-3-29-22-9-15(12-28-21-11-18(25)6-4-14(21)2)8-20(27)23(22)30-13-16-5-7-17(24)10-19(16)26/h4-11,28H,3,12-13H2,1-2H3. The topological polar surface area (TPSA) is 30.5 Å². The van der Waals surface area contributed by atoms with Gasteiger partial charge in [0.2, 0.25) is 0 Å². The fourth-order valence-electron chi connectivity index (χ4n) is 2.90. The zero-order valence-corrected chi connectivity index (χ0v) is 19.6. The van der Waals surface area contributed by atoms with Crippen molar-refractivity contribution in [2.45, 2.75) is 27.0 Å². The first-order valence-corrected chi connectivity index (χ1v) is 10.9. The molecule has 0 fully saturated rings. The number of aryl methyl sites for hydroxylation is 1. The molecule has 0 unspecified atom stereocenters. The predicted octanol–water partition coefficient (Wildman–Crippen LogP) is 8.20. The number of hydrogen-bond acceptors (Lipinski definition) is 3. The molecule has 1 N–H and O–H groups in total. The van der Waals surface area contributed by atoms with Gasteiger partial charge in [0, 0.05) is 32.9 Å². The number of nitrogens with one attached hydrogen (secondary N) is 1. The highest BCUT2D eigenvalue weighted by molar-refractivity contribution is 6.35. The number of hydrogen-bond donors (Lipinski definition) is 1. The quantitative estimate of drug-likeness (QED) is 0.349. The summed E-state index contributed by atoms with van der Waals surface area (Å²) in [4.78, 5) is 0. The summed E-state index contributed by atoms with van der Waals surface area (Å²) in [6.07, 6.45) is 0. The Labute approximate surface area is 196 Å². The Kier molecular flexibility index (Phi) is 8.01. The minimum atomic E-state index is 0.245. The Balaban J connectivity index is 1.78. The highest BCUT2D eigenvalue weighted by Gasteiger charge is 2.14. The zero-order chi connectivity index (χ0) is 21.7. The summed E-state index contributed by atoms with van der Waals surface area (Å²) in [6.45, 7) is 5.22. The van der Waals surface area contributed by atoms with Gasteiger partial charge in [-0.2, -0.15) is 0 Å². The lowest BCUT2D eigenvalue weighted by Crippen LogP contribution is -2.04. The van der Waals surface area contributed by atoms with Gasteiger partial charge < -0.3 is 14.8 Å². The van der Waals surface area contributed by atoms with Crippen molar-refractivity contribution in [3.63, 3.8) is 0 Å². The molecule has 0 saturated heterocycles. The van der Waals surface area contributed by atoms with E-state index in [2.05, 4.69) is 5.32 Å². The van der Waals surface area contributed by atoms with Crippen LogP contribution < -0.4 is 14.8 Å². The summed E-state index contributed by atoms with van der Waals surface area (Å²) in [5.41, 5.74) is 3.84. The monoisotopic (exact) mass is 483 g/mol. The third-order valence-corrected chi connectivity index (χ3v) is 5.54. The van der Waals surface area contributed by atoms with Gasteiger partial charge >= 0.3 is 0 Å². The van der Waals surface area contributed by atoms with E-state index in [1.807, 2.05) is 50.2 Å². The molecule has 0 saturated carbocycles. The average molecular weight is 485 g/mol. The Morgan fingerprint density at radius 2 is 1.57 bits per heavy atom. The van der Waals surface area contributed by atoms with Crippen molar-refractivity contribution in [1.29, 1.82) is 0 Å². The van der Waals surface area contributed by atoms with E-state index in [4.69, 9.17) is 55.9 Å². The summed E-state index contributed by atoms with van der Waals surface area (Å²) < 4.78 is 11.7. The normalized spacial score (nSPS) is 10.7. The van der Waals surface area contributed by atoms with Crippen molar-refractivity contribution >= 4 is 52.1 Å². The first kappa shape index (κ1) is 22.9. The van der Waals surface area contributed by atoms with E-state index < -0.39 is 0 Å². The first-order valence-electron chi connectivity index (χ1n) is 9.39. The molecule has 0 amide bonds. The molecule has 0 heterocycles. The van der Waals surface area contributed by atoms with Crippen LogP contribution >= 0.6 is 46.4 Å². The summed E-state index contributed by atoms with van der Waals surface area (Å²) >= 11 is 24.8. The Hall–Kier alpha value is -1.78. The van der Waals surface area contributed by atoms with E-state index in [1.54, 1.807) is 12.1 Å². The van der Waals surface area contributed by atoms with Crippen LogP contribution in [0.5, 0.6) is 11.5 Å². The average Bonchev–Trinajstić information content (AvgIpc) is 2.69. The lowest BCUT2D eigenvalue weighted by Gasteiger charge is -2.17. The number of halogens is 4. The molecule has 0 bridgehead atoms. The van der Waals surface area contributed by atoms with Crippen molar-refractivity contribution < 1.29 is 9.47 Å². The summed E-state index contributed by atoms with van der Waals surface area (Å²) in [5.74, 6) is 1.06. The molecule has 0 aliphatic rings. The van der Waals surface area contributed by atoms with E-state index in [0.717, 1.165) is 22.4 Å². The summed E-state index contributed by atoms with van der Waals surface area (Å²) in [6, 6.07) is 14.8.